The molecule has 9 heteroatoms. The lowest BCUT2D eigenvalue weighted by atomic mass is 10.0. The first-order chi connectivity index (χ1) is 18.4. The Kier molecular flexibility index (Phi) is 7.02. The standard InChI is InChI=1S/C29H29N5O3S/c1-18-8-14-25(33(18)20-9-12-22(36-3)13-10-20)28-27(23-7-5-6-16-30-23)32-29(38)34(28)21-11-15-26(37-4)24(17-21)31-19(2)35/h5-17,27-28H,1-4H3,(H,31,35)(H,32,38)/t27-,28-/m0/s1. The van der Waals surface area contributed by atoms with E-state index in [0.29, 0.717) is 16.5 Å². The molecule has 0 aliphatic carbocycles. The van der Waals surface area contributed by atoms with Crippen LogP contribution in [0.4, 0.5) is 11.4 Å². The minimum Gasteiger partial charge on any atom is -0.497 e. The minimum atomic E-state index is -0.244. The Morgan fingerprint density at radius 1 is 1.00 bits per heavy atom. The molecule has 1 aliphatic heterocycles. The molecule has 1 saturated heterocycles. The van der Waals surface area contributed by atoms with E-state index >= 15 is 0 Å². The molecule has 0 radical (unpaired) electrons. The first-order valence-electron chi connectivity index (χ1n) is 12.2. The molecule has 3 heterocycles. The van der Waals surface area contributed by atoms with Crippen molar-refractivity contribution in [1.29, 1.82) is 0 Å². The van der Waals surface area contributed by atoms with Crippen molar-refractivity contribution in [3.8, 4) is 17.2 Å². The Morgan fingerprint density at radius 2 is 1.76 bits per heavy atom. The zero-order valence-corrected chi connectivity index (χ0v) is 22.5. The number of hydrogen-bond donors (Lipinski definition) is 2. The van der Waals surface area contributed by atoms with Gasteiger partial charge in [0.25, 0.3) is 0 Å². The highest BCUT2D eigenvalue weighted by Crippen LogP contribution is 2.44. The smallest absolute Gasteiger partial charge is 0.221 e. The number of carbonyl (C=O) groups is 1. The lowest BCUT2D eigenvalue weighted by Gasteiger charge is -2.30. The zero-order valence-electron chi connectivity index (χ0n) is 21.6. The van der Waals surface area contributed by atoms with Gasteiger partial charge in [-0.1, -0.05) is 6.07 Å². The van der Waals surface area contributed by atoms with Crippen molar-refractivity contribution in [2.75, 3.05) is 24.4 Å². The molecule has 8 nitrogen and oxygen atoms in total. The highest BCUT2D eigenvalue weighted by atomic mass is 32.1. The Bertz CT molecular complexity index is 1470. The maximum atomic E-state index is 11.9. The van der Waals surface area contributed by atoms with Crippen LogP contribution >= 0.6 is 12.2 Å². The monoisotopic (exact) mass is 527 g/mol. The van der Waals surface area contributed by atoms with Gasteiger partial charge in [-0.3, -0.25) is 9.78 Å². The van der Waals surface area contributed by atoms with Gasteiger partial charge in [0, 0.05) is 35.9 Å². The molecule has 5 rings (SSSR count). The molecule has 38 heavy (non-hydrogen) atoms. The molecule has 194 valence electrons. The van der Waals surface area contributed by atoms with Gasteiger partial charge in [0.1, 0.15) is 17.5 Å². The zero-order chi connectivity index (χ0) is 26.8. The number of pyridine rings is 1. The van der Waals surface area contributed by atoms with Crippen LogP contribution in [0.2, 0.25) is 0 Å². The minimum absolute atomic E-state index is 0.186. The third-order valence-corrected chi connectivity index (χ3v) is 6.92. The van der Waals surface area contributed by atoms with Crippen molar-refractivity contribution in [2.24, 2.45) is 0 Å². The third kappa shape index (κ3) is 4.68. The number of methoxy groups -OCH3 is 2. The normalized spacial score (nSPS) is 16.7. The number of aryl methyl sites for hydroxylation is 1. The number of aromatic nitrogens is 2. The highest BCUT2D eigenvalue weighted by Gasteiger charge is 2.42. The maximum absolute atomic E-state index is 11.9. The molecular formula is C29H29N5O3S. The molecule has 0 bridgehead atoms. The van der Waals surface area contributed by atoms with Gasteiger partial charge in [0.15, 0.2) is 5.11 Å². The van der Waals surface area contributed by atoms with Crippen LogP contribution in [0.3, 0.4) is 0 Å². The van der Waals surface area contributed by atoms with E-state index in [2.05, 4.69) is 44.1 Å². The largest absolute Gasteiger partial charge is 0.497 e. The van der Waals surface area contributed by atoms with Crippen molar-refractivity contribution in [1.82, 2.24) is 14.9 Å². The fourth-order valence-corrected chi connectivity index (χ4v) is 5.29. The Labute approximate surface area is 227 Å². The van der Waals surface area contributed by atoms with Crippen LogP contribution in [0.5, 0.6) is 11.5 Å². The van der Waals surface area contributed by atoms with E-state index in [-0.39, 0.29) is 18.0 Å². The van der Waals surface area contributed by atoms with E-state index in [1.165, 1.54) is 6.92 Å². The van der Waals surface area contributed by atoms with Crippen molar-refractivity contribution in [3.63, 3.8) is 0 Å². The van der Waals surface area contributed by atoms with Crippen LogP contribution < -0.4 is 25.0 Å². The van der Waals surface area contributed by atoms with Gasteiger partial charge in [-0.15, -0.1) is 0 Å². The number of hydrogen-bond acceptors (Lipinski definition) is 5. The number of rotatable bonds is 7. The molecule has 0 unspecified atom stereocenters. The van der Waals surface area contributed by atoms with Crippen LogP contribution in [-0.4, -0.2) is 34.8 Å². The topological polar surface area (TPSA) is 80.7 Å². The molecule has 4 aromatic rings. The van der Waals surface area contributed by atoms with Crippen LogP contribution in [0.15, 0.2) is 79.0 Å². The summed E-state index contributed by atoms with van der Waals surface area (Å²) in [6, 6.07) is 23.3. The van der Waals surface area contributed by atoms with Gasteiger partial charge in [0.05, 0.1) is 31.6 Å². The van der Waals surface area contributed by atoms with Gasteiger partial charge in [-0.2, -0.15) is 0 Å². The average molecular weight is 528 g/mol. The van der Waals surface area contributed by atoms with Gasteiger partial charge in [0.2, 0.25) is 5.91 Å². The lowest BCUT2D eigenvalue weighted by molar-refractivity contribution is -0.114. The number of carbonyl (C=O) groups excluding carboxylic acids is 1. The number of benzene rings is 2. The van der Waals surface area contributed by atoms with Crippen LogP contribution in [0.1, 0.15) is 36.1 Å². The van der Waals surface area contributed by atoms with E-state index in [1.54, 1.807) is 20.4 Å². The van der Waals surface area contributed by atoms with Crippen LogP contribution in [0.25, 0.3) is 5.69 Å². The van der Waals surface area contributed by atoms with Gasteiger partial charge in [-0.05, 0) is 85.9 Å². The molecule has 2 atom stereocenters. The first-order valence-corrected chi connectivity index (χ1v) is 12.6. The summed E-state index contributed by atoms with van der Waals surface area (Å²) in [7, 11) is 3.23. The summed E-state index contributed by atoms with van der Waals surface area (Å²) in [5, 5.41) is 6.93. The number of amides is 1. The molecule has 1 aliphatic rings. The molecule has 0 spiro atoms. The molecule has 0 saturated carbocycles. The molecule has 2 aromatic heterocycles. The van der Waals surface area contributed by atoms with E-state index in [9.17, 15) is 4.79 Å². The first kappa shape index (κ1) is 25.3. The molecule has 2 N–H and O–H groups in total. The SMILES string of the molecule is COc1ccc(-n2c(C)ccc2[C@H]2[C@H](c3ccccn3)NC(=S)N2c2ccc(OC)c(NC(C)=O)c2)cc1. The maximum Gasteiger partial charge on any atom is 0.221 e. The summed E-state index contributed by atoms with van der Waals surface area (Å²) >= 11 is 5.91. The van der Waals surface area contributed by atoms with E-state index < -0.39 is 0 Å². The second-order valence-electron chi connectivity index (χ2n) is 9.00. The predicted octanol–water partition coefficient (Wildman–Crippen LogP) is 5.33. The summed E-state index contributed by atoms with van der Waals surface area (Å²) in [6.07, 6.45) is 1.79. The number of thiocarbonyl (C=S) groups is 1. The van der Waals surface area contributed by atoms with E-state index in [0.717, 1.165) is 34.2 Å². The fraction of sp³-hybridized carbons (Fsp3) is 0.207. The third-order valence-electron chi connectivity index (χ3n) is 6.61. The number of ether oxygens (including phenoxy) is 2. The highest BCUT2D eigenvalue weighted by molar-refractivity contribution is 7.80. The number of nitrogens with zero attached hydrogens (tertiary/aromatic N) is 3. The quantitative estimate of drug-likeness (QED) is 0.314. The Morgan fingerprint density at radius 3 is 2.42 bits per heavy atom. The summed E-state index contributed by atoms with van der Waals surface area (Å²) in [5.41, 5.74) is 5.38. The number of nitrogens with one attached hydrogen (secondary N) is 2. The molecule has 1 amide bonds. The van der Waals surface area contributed by atoms with Crippen molar-refractivity contribution in [2.45, 2.75) is 25.9 Å². The van der Waals surface area contributed by atoms with Crippen molar-refractivity contribution in [3.05, 3.63) is 96.1 Å². The second-order valence-corrected chi connectivity index (χ2v) is 9.38. The predicted molar refractivity (Wildman–Crippen MR) is 152 cm³/mol. The number of anilines is 2. The average Bonchev–Trinajstić information content (AvgIpc) is 3.48. The van der Waals surface area contributed by atoms with Gasteiger partial charge in [-0.25, -0.2) is 0 Å². The van der Waals surface area contributed by atoms with Crippen molar-refractivity contribution >= 4 is 34.6 Å². The second kappa shape index (κ2) is 10.5. The summed E-state index contributed by atoms with van der Waals surface area (Å²) in [4.78, 5) is 18.7. The Hall–Kier alpha value is -4.37. The van der Waals surface area contributed by atoms with Crippen LogP contribution in [-0.2, 0) is 4.79 Å². The lowest BCUT2D eigenvalue weighted by Crippen LogP contribution is -2.30. The van der Waals surface area contributed by atoms with E-state index in [1.807, 2.05) is 60.7 Å². The summed E-state index contributed by atoms with van der Waals surface area (Å²) in [5.74, 6) is 1.17. The Balaban J connectivity index is 1.68. The van der Waals surface area contributed by atoms with Gasteiger partial charge < -0.3 is 29.6 Å². The van der Waals surface area contributed by atoms with E-state index in [4.69, 9.17) is 21.7 Å². The molecular weight excluding hydrogens is 498 g/mol. The summed E-state index contributed by atoms with van der Waals surface area (Å²) < 4.78 is 13.1. The van der Waals surface area contributed by atoms with Crippen LogP contribution in [0, 0.1) is 6.92 Å². The summed E-state index contributed by atoms with van der Waals surface area (Å²) in [6.45, 7) is 3.55. The fourth-order valence-electron chi connectivity index (χ4n) is 4.94. The molecule has 1 fully saturated rings. The van der Waals surface area contributed by atoms with Gasteiger partial charge >= 0.3 is 0 Å². The molecule has 2 aromatic carbocycles. The van der Waals surface area contributed by atoms with Crippen molar-refractivity contribution < 1.29 is 14.3 Å².